The van der Waals surface area contributed by atoms with Crippen LogP contribution < -0.4 is 10.1 Å². The third-order valence-electron chi connectivity index (χ3n) is 4.41. The Morgan fingerprint density at radius 2 is 2.07 bits per heavy atom. The summed E-state index contributed by atoms with van der Waals surface area (Å²) in [5.74, 6) is 0.0663. The van der Waals surface area contributed by atoms with Gasteiger partial charge in [0.2, 0.25) is 0 Å². The first-order valence-corrected chi connectivity index (χ1v) is 9.32. The second-order valence-corrected chi connectivity index (χ2v) is 7.30. The summed E-state index contributed by atoms with van der Waals surface area (Å²) in [6.45, 7) is 0.244. The van der Waals surface area contributed by atoms with E-state index < -0.39 is 0 Å². The van der Waals surface area contributed by atoms with Gasteiger partial charge in [-0.1, -0.05) is 28.1 Å². The highest BCUT2D eigenvalue weighted by Crippen LogP contribution is 2.27. The van der Waals surface area contributed by atoms with Gasteiger partial charge in [0, 0.05) is 34.4 Å². The quantitative estimate of drug-likeness (QED) is 0.460. The molecule has 0 saturated carbocycles. The van der Waals surface area contributed by atoms with Crippen molar-refractivity contribution in [2.24, 2.45) is 5.92 Å². The van der Waals surface area contributed by atoms with Crippen LogP contribution in [0.2, 0.25) is 0 Å². The van der Waals surface area contributed by atoms with Crippen LogP contribution >= 0.6 is 15.9 Å². The molecule has 1 unspecified atom stereocenters. The molecule has 3 aromatic rings. The number of aliphatic hydroxyl groups excluding tert-OH is 1. The highest BCUT2D eigenvalue weighted by molar-refractivity contribution is 9.10. The molecule has 1 aromatic heterocycles. The number of methoxy groups -OCH3 is 1. The van der Waals surface area contributed by atoms with Crippen LogP contribution in [0.1, 0.15) is 16.1 Å². The number of phenolic OH excluding ortho intramolecular Hbond substituents is 1. The van der Waals surface area contributed by atoms with Crippen LogP contribution in [0, 0.1) is 5.92 Å². The number of H-pyrrole nitrogens is 1. The molecule has 7 heteroatoms. The zero-order valence-electron chi connectivity index (χ0n) is 14.8. The maximum Gasteiger partial charge on any atom is 0.267 e. The van der Waals surface area contributed by atoms with Crippen molar-refractivity contribution in [3.8, 4) is 11.5 Å². The second-order valence-electron chi connectivity index (χ2n) is 6.38. The van der Waals surface area contributed by atoms with Crippen LogP contribution in [-0.4, -0.2) is 41.4 Å². The van der Waals surface area contributed by atoms with Crippen LogP contribution in [0.25, 0.3) is 10.9 Å². The van der Waals surface area contributed by atoms with Gasteiger partial charge in [-0.05, 0) is 42.3 Å². The number of aliphatic hydroxyl groups is 1. The number of phenols is 1. The summed E-state index contributed by atoms with van der Waals surface area (Å²) < 4.78 is 5.97. The number of aromatic nitrogens is 1. The van der Waals surface area contributed by atoms with Gasteiger partial charge >= 0.3 is 0 Å². The van der Waals surface area contributed by atoms with Gasteiger partial charge in [-0.25, -0.2) is 0 Å². The summed E-state index contributed by atoms with van der Waals surface area (Å²) in [4.78, 5) is 15.5. The van der Waals surface area contributed by atoms with Gasteiger partial charge in [0.05, 0.1) is 7.11 Å². The first kappa shape index (κ1) is 19.3. The van der Waals surface area contributed by atoms with Crippen LogP contribution in [0.5, 0.6) is 11.5 Å². The lowest BCUT2D eigenvalue weighted by molar-refractivity contribution is 0.0935. The van der Waals surface area contributed by atoms with Gasteiger partial charge in [0.25, 0.3) is 5.91 Å². The minimum atomic E-state index is -0.224. The van der Waals surface area contributed by atoms with Gasteiger partial charge in [-0.2, -0.15) is 0 Å². The number of benzene rings is 2. The van der Waals surface area contributed by atoms with E-state index in [1.165, 1.54) is 7.11 Å². The van der Waals surface area contributed by atoms with E-state index in [2.05, 4.69) is 26.2 Å². The molecule has 0 aliphatic carbocycles. The normalized spacial score (nSPS) is 12.1. The zero-order valence-corrected chi connectivity index (χ0v) is 16.4. The average molecular weight is 433 g/mol. The number of carbonyl (C=O) groups excluding carboxylic acids is 1. The fourth-order valence-electron chi connectivity index (χ4n) is 2.95. The summed E-state index contributed by atoms with van der Waals surface area (Å²) in [6, 6.07) is 12.7. The van der Waals surface area contributed by atoms with E-state index in [1.54, 1.807) is 18.2 Å². The maximum atomic E-state index is 12.4. The van der Waals surface area contributed by atoms with Crippen LogP contribution in [0.15, 0.2) is 46.9 Å². The van der Waals surface area contributed by atoms with Crippen molar-refractivity contribution in [2.75, 3.05) is 20.3 Å². The van der Waals surface area contributed by atoms with Crippen molar-refractivity contribution < 1.29 is 19.7 Å². The predicted octanol–water partition coefficient (Wildman–Crippen LogP) is 3.23. The Labute approximate surface area is 165 Å². The molecule has 1 heterocycles. The van der Waals surface area contributed by atoms with Gasteiger partial charge in [0.1, 0.15) is 5.69 Å². The summed E-state index contributed by atoms with van der Waals surface area (Å²) in [7, 11) is 1.49. The number of hydrogen-bond donors (Lipinski definition) is 4. The lowest BCUT2D eigenvalue weighted by Crippen LogP contribution is -2.32. The number of halogens is 1. The molecule has 1 amide bonds. The fraction of sp³-hybridized carbons (Fsp3) is 0.250. The molecule has 0 fully saturated rings. The highest BCUT2D eigenvalue weighted by Gasteiger charge is 2.14. The number of aromatic amines is 1. The van der Waals surface area contributed by atoms with Crippen molar-refractivity contribution in [3.63, 3.8) is 0 Å². The topological polar surface area (TPSA) is 94.6 Å². The summed E-state index contributed by atoms with van der Waals surface area (Å²) >= 11 is 3.41. The summed E-state index contributed by atoms with van der Waals surface area (Å²) in [6.07, 6.45) is 0.522. The number of amides is 1. The molecule has 4 N–H and O–H groups in total. The minimum absolute atomic E-state index is 0.0555. The molecule has 6 nitrogen and oxygen atoms in total. The van der Waals surface area contributed by atoms with Crippen molar-refractivity contribution in [1.82, 2.24) is 10.3 Å². The lowest BCUT2D eigenvalue weighted by atomic mass is 9.99. The van der Waals surface area contributed by atoms with Gasteiger partial charge in [-0.3, -0.25) is 4.79 Å². The van der Waals surface area contributed by atoms with E-state index in [0.29, 0.717) is 24.4 Å². The first-order valence-electron chi connectivity index (χ1n) is 8.53. The van der Waals surface area contributed by atoms with Crippen LogP contribution in [0.4, 0.5) is 0 Å². The summed E-state index contributed by atoms with van der Waals surface area (Å²) in [5, 5.41) is 23.3. The standard InChI is InChI=1S/C20H21BrN2O4/c1-27-19-5-2-12(7-18(19)25)6-13(11-24)10-22-20(26)17-8-14-3-4-15(21)9-16(14)23-17/h2-5,7-9,13,23-25H,6,10-11H2,1H3,(H,22,26). The molecule has 0 radical (unpaired) electrons. The van der Waals surface area contributed by atoms with E-state index >= 15 is 0 Å². The Hall–Kier alpha value is -2.51. The molecule has 3 rings (SSSR count). The first-order chi connectivity index (χ1) is 13.0. The third-order valence-corrected chi connectivity index (χ3v) is 4.90. The molecule has 142 valence electrons. The lowest BCUT2D eigenvalue weighted by Gasteiger charge is -2.15. The fourth-order valence-corrected chi connectivity index (χ4v) is 3.31. The SMILES string of the molecule is COc1ccc(CC(CO)CNC(=O)c2cc3ccc(Br)cc3[nH]2)cc1O. The van der Waals surface area contributed by atoms with Crippen molar-refractivity contribution in [2.45, 2.75) is 6.42 Å². The highest BCUT2D eigenvalue weighted by atomic mass is 79.9. The largest absolute Gasteiger partial charge is 0.504 e. The Kier molecular flexibility index (Phi) is 6.03. The van der Waals surface area contributed by atoms with E-state index in [4.69, 9.17) is 4.74 Å². The maximum absolute atomic E-state index is 12.4. The smallest absolute Gasteiger partial charge is 0.267 e. The molecule has 0 bridgehead atoms. The number of carbonyl (C=O) groups is 1. The summed E-state index contributed by atoms with van der Waals surface area (Å²) in [5.41, 5.74) is 2.21. The van der Waals surface area contributed by atoms with Crippen LogP contribution in [0.3, 0.4) is 0 Å². The Morgan fingerprint density at radius 3 is 2.78 bits per heavy atom. The van der Waals surface area contributed by atoms with Gasteiger partial charge < -0.3 is 25.3 Å². The molecule has 0 aliphatic heterocycles. The Bertz CT molecular complexity index is 954. The molecule has 0 aliphatic rings. The molecule has 2 aromatic carbocycles. The molecule has 27 heavy (non-hydrogen) atoms. The number of hydrogen-bond acceptors (Lipinski definition) is 4. The predicted molar refractivity (Wildman–Crippen MR) is 107 cm³/mol. The van der Waals surface area contributed by atoms with E-state index in [9.17, 15) is 15.0 Å². The van der Waals surface area contributed by atoms with Gasteiger partial charge in [-0.15, -0.1) is 0 Å². The van der Waals surface area contributed by atoms with Crippen LogP contribution in [-0.2, 0) is 6.42 Å². The number of fused-ring (bicyclic) bond motifs is 1. The monoisotopic (exact) mass is 432 g/mol. The number of rotatable bonds is 7. The van der Waals surface area contributed by atoms with Crippen molar-refractivity contribution >= 4 is 32.7 Å². The van der Waals surface area contributed by atoms with E-state index in [0.717, 1.165) is 20.9 Å². The zero-order chi connectivity index (χ0) is 19.4. The van der Waals surface area contributed by atoms with Crippen molar-refractivity contribution in [1.29, 1.82) is 0 Å². The number of nitrogens with one attached hydrogen (secondary N) is 2. The van der Waals surface area contributed by atoms with E-state index in [-0.39, 0.29) is 24.2 Å². The molecule has 0 saturated heterocycles. The number of ether oxygens (including phenoxy) is 1. The molecule has 0 spiro atoms. The Morgan fingerprint density at radius 1 is 1.26 bits per heavy atom. The average Bonchev–Trinajstić information content (AvgIpc) is 3.08. The molecular weight excluding hydrogens is 412 g/mol. The van der Waals surface area contributed by atoms with Crippen molar-refractivity contribution in [3.05, 3.63) is 58.2 Å². The molecular formula is C20H21BrN2O4. The molecule has 1 atom stereocenters. The Balaban J connectivity index is 1.62. The minimum Gasteiger partial charge on any atom is -0.504 e. The number of aromatic hydroxyl groups is 1. The third kappa shape index (κ3) is 4.61. The van der Waals surface area contributed by atoms with E-state index in [1.807, 2.05) is 24.3 Å². The second kappa shape index (κ2) is 8.45. The van der Waals surface area contributed by atoms with Gasteiger partial charge in [0.15, 0.2) is 11.5 Å².